The van der Waals surface area contributed by atoms with Crippen LogP contribution in [0.4, 0.5) is 5.69 Å². The Morgan fingerprint density at radius 1 is 1.06 bits per heavy atom. The summed E-state index contributed by atoms with van der Waals surface area (Å²) >= 11 is 1.34. The van der Waals surface area contributed by atoms with Gasteiger partial charge in [-0.05, 0) is 36.6 Å². The number of ether oxygens (including phenoxy) is 3. The third-order valence-corrected chi connectivity index (χ3v) is 5.81. The van der Waals surface area contributed by atoms with E-state index in [1.165, 1.54) is 11.8 Å². The first kappa shape index (κ1) is 24.4. The zero-order chi connectivity index (χ0) is 23.6. The third kappa shape index (κ3) is 7.15. The summed E-state index contributed by atoms with van der Waals surface area (Å²) in [4.78, 5) is 12.6. The van der Waals surface area contributed by atoms with E-state index in [1.54, 1.807) is 32.4 Å². The van der Waals surface area contributed by atoms with Crippen molar-refractivity contribution in [3.63, 3.8) is 0 Å². The molecule has 9 heteroatoms. The predicted octanol–water partition coefficient (Wildman–Crippen LogP) is 4.65. The number of hydrogen-bond acceptors (Lipinski definition) is 7. The Morgan fingerprint density at radius 3 is 2.55 bits per heavy atom. The maximum Gasteiger partial charge on any atom is 0.234 e. The quantitative estimate of drug-likeness (QED) is 0.386. The van der Waals surface area contributed by atoms with Crippen LogP contribution in [-0.4, -0.2) is 40.6 Å². The Morgan fingerprint density at radius 2 is 1.85 bits per heavy atom. The van der Waals surface area contributed by atoms with Crippen LogP contribution in [0.3, 0.4) is 0 Å². The molecular weight excluding hydrogens is 440 g/mol. The lowest BCUT2D eigenvalue weighted by Crippen LogP contribution is -2.16. The van der Waals surface area contributed by atoms with Crippen LogP contribution >= 0.6 is 11.8 Å². The summed E-state index contributed by atoms with van der Waals surface area (Å²) in [5, 5.41) is 12.2. The lowest BCUT2D eigenvalue weighted by molar-refractivity contribution is -0.113. The number of amides is 1. The highest BCUT2D eigenvalue weighted by molar-refractivity contribution is 7.99. The number of carbonyl (C=O) groups is 1. The molecule has 0 saturated heterocycles. The Labute approximate surface area is 198 Å². The normalized spacial score (nSPS) is 10.8. The smallest absolute Gasteiger partial charge is 0.234 e. The van der Waals surface area contributed by atoms with Gasteiger partial charge in [0.25, 0.3) is 0 Å². The average Bonchev–Trinajstić information content (AvgIpc) is 3.22. The molecule has 8 nitrogen and oxygen atoms in total. The second-order valence-electron chi connectivity index (χ2n) is 7.74. The van der Waals surface area contributed by atoms with E-state index in [0.29, 0.717) is 34.9 Å². The third-order valence-electron chi connectivity index (χ3n) is 4.85. The van der Waals surface area contributed by atoms with Crippen molar-refractivity contribution in [3.8, 4) is 17.2 Å². The molecule has 176 valence electrons. The molecule has 3 rings (SSSR count). The van der Waals surface area contributed by atoms with E-state index in [0.717, 1.165) is 24.5 Å². The molecule has 0 fully saturated rings. The summed E-state index contributed by atoms with van der Waals surface area (Å²) in [6.45, 7) is 5.41. The van der Waals surface area contributed by atoms with E-state index in [9.17, 15) is 4.79 Å². The molecule has 0 aliphatic carbocycles. The molecule has 0 aliphatic heterocycles. The number of hydrogen-bond donors (Lipinski definition) is 1. The minimum Gasteiger partial charge on any atom is -0.497 e. The number of para-hydroxylation sites is 1. The number of aromatic nitrogens is 3. The van der Waals surface area contributed by atoms with Crippen molar-refractivity contribution in [3.05, 3.63) is 54.4 Å². The van der Waals surface area contributed by atoms with Gasteiger partial charge in [0.2, 0.25) is 5.91 Å². The molecule has 0 bridgehead atoms. The van der Waals surface area contributed by atoms with Crippen molar-refractivity contribution in [2.45, 2.75) is 38.6 Å². The molecule has 1 heterocycles. The lowest BCUT2D eigenvalue weighted by atomic mass is 10.1. The summed E-state index contributed by atoms with van der Waals surface area (Å²) in [6.07, 6.45) is 0.969. The number of benzene rings is 2. The second-order valence-corrected chi connectivity index (χ2v) is 8.68. The molecule has 33 heavy (non-hydrogen) atoms. The van der Waals surface area contributed by atoms with Crippen molar-refractivity contribution in [1.82, 2.24) is 14.8 Å². The number of thioether (sulfide) groups is 1. The summed E-state index contributed by atoms with van der Waals surface area (Å²) in [5.74, 6) is 3.24. The van der Waals surface area contributed by atoms with E-state index in [-0.39, 0.29) is 11.7 Å². The molecular formula is C24H30N4O4S. The zero-order valence-electron chi connectivity index (χ0n) is 19.4. The van der Waals surface area contributed by atoms with Crippen LogP contribution < -0.4 is 19.5 Å². The number of rotatable bonds is 12. The van der Waals surface area contributed by atoms with Crippen LogP contribution in [0.5, 0.6) is 17.2 Å². The van der Waals surface area contributed by atoms with Crippen molar-refractivity contribution in [2.75, 3.05) is 25.3 Å². The Balaban J connectivity index is 1.66. The first-order chi connectivity index (χ1) is 16.0. The minimum atomic E-state index is -0.174. The molecule has 0 aliphatic rings. The van der Waals surface area contributed by atoms with Gasteiger partial charge in [0.15, 0.2) is 11.0 Å². The molecule has 3 aromatic rings. The number of carbonyl (C=O) groups excluding carboxylic acids is 1. The van der Waals surface area contributed by atoms with Gasteiger partial charge in [-0.1, -0.05) is 43.8 Å². The summed E-state index contributed by atoms with van der Waals surface area (Å²) in [5.41, 5.74) is 0.556. The average molecular weight is 471 g/mol. The highest BCUT2D eigenvalue weighted by atomic mass is 32.2. The molecule has 0 unspecified atom stereocenters. The largest absolute Gasteiger partial charge is 0.497 e. The van der Waals surface area contributed by atoms with E-state index < -0.39 is 0 Å². The van der Waals surface area contributed by atoms with Gasteiger partial charge in [0.05, 0.1) is 25.7 Å². The van der Waals surface area contributed by atoms with Crippen molar-refractivity contribution in [1.29, 1.82) is 0 Å². The molecule has 0 saturated carbocycles. The van der Waals surface area contributed by atoms with E-state index in [4.69, 9.17) is 14.2 Å². The van der Waals surface area contributed by atoms with Crippen LogP contribution in [0, 0.1) is 5.92 Å². The maximum absolute atomic E-state index is 12.6. The van der Waals surface area contributed by atoms with Crippen LogP contribution in [0.1, 0.15) is 26.1 Å². The first-order valence-corrected chi connectivity index (χ1v) is 11.7. The standard InChI is InChI=1S/C24H30N4O4S/c1-17(2)12-13-28-22(15-32-18-8-6-5-7-9-18)26-27-24(28)33-16-23(29)25-20-14-19(30-3)10-11-21(20)31-4/h5-11,14,17H,12-13,15-16H2,1-4H3,(H,25,29). The van der Waals surface area contributed by atoms with E-state index in [1.807, 2.05) is 34.9 Å². The van der Waals surface area contributed by atoms with Gasteiger partial charge >= 0.3 is 0 Å². The topological polar surface area (TPSA) is 87.5 Å². The fourth-order valence-corrected chi connectivity index (χ4v) is 3.82. The van der Waals surface area contributed by atoms with E-state index in [2.05, 4.69) is 29.4 Å². The second kappa shape index (κ2) is 12.2. The summed E-state index contributed by atoms with van der Waals surface area (Å²) < 4.78 is 18.5. The van der Waals surface area contributed by atoms with Gasteiger partial charge in [-0.25, -0.2) is 0 Å². The highest BCUT2D eigenvalue weighted by Gasteiger charge is 2.16. The molecule has 0 atom stereocenters. The fourth-order valence-electron chi connectivity index (χ4n) is 3.04. The molecule has 1 N–H and O–H groups in total. The fraction of sp³-hybridized carbons (Fsp3) is 0.375. The Kier molecular flexibility index (Phi) is 9.00. The van der Waals surface area contributed by atoms with Gasteiger partial charge in [-0.15, -0.1) is 10.2 Å². The molecule has 1 aromatic heterocycles. The number of anilines is 1. The van der Waals surface area contributed by atoms with Crippen molar-refractivity contribution in [2.24, 2.45) is 5.92 Å². The lowest BCUT2D eigenvalue weighted by Gasteiger charge is -2.13. The summed E-state index contributed by atoms with van der Waals surface area (Å²) in [6, 6.07) is 14.9. The van der Waals surface area contributed by atoms with Crippen molar-refractivity contribution >= 4 is 23.4 Å². The first-order valence-electron chi connectivity index (χ1n) is 10.7. The molecule has 0 radical (unpaired) electrons. The summed E-state index contributed by atoms with van der Waals surface area (Å²) in [7, 11) is 3.13. The monoisotopic (exact) mass is 470 g/mol. The highest BCUT2D eigenvalue weighted by Crippen LogP contribution is 2.29. The van der Waals surface area contributed by atoms with Crippen LogP contribution in [0.25, 0.3) is 0 Å². The zero-order valence-corrected chi connectivity index (χ0v) is 20.2. The predicted molar refractivity (Wildman–Crippen MR) is 129 cm³/mol. The SMILES string of the molecule is COc1ccc(OC)c(NC(=O)CSc2nnc(COc3ccccc3)n2CCC(C)C)c1. The number of methoxy groups -OCH3 is 2. The Bertz CT molecular complexity index is 1040. The number of nitrogens with one attached hydrogen (secondary N) is 1. The minimum absolute atomic E-state index is 0.174. The van der Waals surface area contributed by atoms with Crippen molar-refractivity contribution < 1.29 is 19.0 Å². The Hall–Kier alpha value is -3.20. The number of nitrogens with zero attached hydrogens (tertiary/aromatic N) is 3. The van der Waals surface area contributed by atoms with Crippen LogP contribution in [-0.2, 0) is 17.9 Å². The van der Waals surface area contributed by atoms with Gasteiger partial charge in [-0.2, -0.15) is 0 Å². The molecule has 0 spiro atoms. The van der Waals surface area contributed by atoms with E-state index >= 15 is 0 Å². The van der Waals surface area contributed by atoms with Gasteiger partial charge in [0, 0.05) is 12.6 Å². The van der Waals surface area contributed by atoms with Crippen LogP contribution in [0.2, 0.25) is 0 Å². The maximum atomic E-state index is 12.6. The van der Waals surface area contributed by atoms with Gasteiger partial charge in [0.1, 0.15) is 23.9 Å². The van der Waals surface area contributed by atoms with Gasteiger partial charge < -0.3 is 24.1 Å². The van der Waals surface area contributed by atoms with Gasteiger partial charge in [-0.3, -0.25) is 4.79 Å². The molecule has 1 amide bonds. The van der Waals surface area contributed by atoms with Crippen LogP contribution in [0.15, 0.2) is 53.7 Å². The molecule has 2 aromatic carbocycles.